The summed E-state index contributed by atoms with van der Waals surface area (Å²) in [6.07, 6.45) is 0. The summed E-state index contributed by atoms with van der Waals surface area (Å²) in [5.74, 6) is 1.35. The molecule has 6 heteroatoms. The number of fused-ring (bicyclic) bond motifs is 1. The standard InChI is InChI=1S/C8H14N6/c1-13-3-5-6(9)14(2)8(10)12-7(5)11-4-13/h3-4,9H2,1-2H3,(H2,10,11,12). The first-order valence-electron chi connectivity index (χ1n) is 4.42. The topological polar surface area (TPSA) is 83.0 Å². The molecule has 0 radical (unpaired) electrons. The van der Waals surface area contributed by atoms with E-state index in [4.69, 9.17) is 11.1 Å². The quantitative estimate of drug-likeness (QED) is 0.510. The lowest BCUT2D eigenvalue weighted by Crippen LogP contribution is -2.35. The van der Waals surface area contributed by atoms with E-state index in [-0.39, 0.29) is 5.62 Å². The van der Waals surface area contributed by atoms with Crippen LogP contribution in [0.2, 0.25) is 0 Å². The second-order valence-electron chi connectivity index (χ2n) is 3.56. The normalized spacial score (nSPS) is 16.1. The van der Waals surface area contributed by atoms with E-state index in [9.17, 15) is 0 Å². The molecule has 1 aliphatic rings. The van der Waals surface area contributed by atoms with Crippen LogP contribution in [0.5, 0.6) is 0 Å². The number of nitrogens with zero attached hydrogens (tertiary/aromatic N) is 3. The maximum atomic E-state index is 7.57. The molecule has 2 heterocycles. The second kappa shape index (κ2) is 2.98. The van der Waals surface area contributed by atoms with E-state index in [1.54, 1.807) is 11.6 Å². The highest BCUT2D eigenvalue weighted by Gasteiger charge is 2.17. The Kier molecular flexibility index (Phi) is 1.92. The highest BCUT2D eigenvalue weighted by atomic mass is 15.3. The molecule has 14 heavy (non-hydrogen) atoms. The number of nitrogens with two attached hydrogens (primary N) is 1. The van der Waals surface area contributed by atoms with Crippen molar-refractivity contribution < 1.29 is 0 Å². The molecule has 1 aliphatic heterocycles. The van der Waals surface area contributed by atoms with Gasteiger partial charge in [-0.05, 0) is 7.05 Å². The summed E-state index contributed by atoms with van der Waals surface area (Å²) in [7, 11) is 3.75. The van der Waals surface area contributed by atoms with Gasteiger partial charge in [-0.2, -0.15) is 4.98 Å². The minimum atomic E-state index is 0.179. The third-order valence-corrected chi connectivity index (χ3v) is 2.44. The zero-order valence-electron chi connectivity index (χ0n) is 8.33. The monoisotopic (exact) mass is 194 g/mol. The molecule has 0 saturated heterocycles. The number of hydrogen-bond donors (Lipinski definition) is 3. The summed E-state index contributed by atoms with van der Waals surface area (Å²) in [5, 5.41) is 10.7. The first-order valence-corrected chi connectivity index (χ1v) is 4.42. The van der Waals surface area contributed by atoms with Crippen molar-refractivity contribution in [3.8, 4) is 0 Å². The minimum Gasteiger partial charge on any atom is -0.385 e. The van der Waals surface area contributed by atoms with Gasteiger partial charge in [0.25, 0.3) is 0 Å². The maximum absolute atomic E-state index is 7.57. The average molecular weight is 194 g/mol. The predicted molar refractivity (Wildman–Crippen MR) is 53.4 cm³/mol. The molecule has 1 aromatic rings. The Morgan fingerprint density at radius 1 is 1.50 bits per heavy atom. The highest BCUT2D eigenvalue weighted by Crippen LogP contribution is 2.21. The van der Waals surface area contributed by atoms with Gasteiger partial charge in [-0.15, -0.1) is 0 Å². The lowest BCUT2D eigenvalue weighted by molar-refractivity contribution is 0.337. The number of nitrogens with one attached hydrogen (secondary N) is 2. The van der Waals surface area contributed by atoms with Crippen molar-refractivity contribution in [2.45, 2.75) is 6.54 Å². The van der Waals surface area contributed by atoms with Crippen LogP contribution in [-0.4, -0.2) is 28.2 Å². The van der Waals surface area contributed by atoms with Crippen molar-refractivity contribution in [3.05, 3.63) is 11.2 Å². The SMILES string of the molecule is CN1CNc2nc(=N)n(C)c(N)c2C1. The summed E-state index contributed by atoms with van der Waals surface area (Å²) >= 11 is 0. The molecule has 6 nitrogen and oxygen atoms in total. The lowest BCUT2D eigenvalue weighted by atomic mass is 10.2. The third-order valence-electron chi connectivity index (χ3n) is 2.44. The molecule has 0 saturated carbocycles. The Hall–Kier alpha value is -1.56. The summed E-state index contributed by atoms with van der Waals surface area (Å²) in [6, 6.07) is 0. The van der Waals surface area contributed by atoms with Crippen molar-refractivity contribution in [1.82, 2.24) is 14.5 Å². The Balaban J connectivity index is 2.61. The molecular formula is C8H14N6. The predicted octanol–water partition coefficient (Wildman–Crippen LogP) is -0.703. The van der Waals surface area contributed by atoms with Crippen molar-refractivity contribution in [1.29, 1.82) is 5.41 Å². The smallest absolute Gasteiger partial charge is 0.225 e. The van der Waals surface area contributed by atoms with Gasteiger partial charge >= 0.3 is 0 Å². The van der Waals surface area contributed by atoms with Gasteiger partial charge in [0, 0.05) is 19.2 Å². The molecule has 1 aromatic heterocycles. The number of aromatic nitrogens is 2. The Labute approximate surface area is 81.9 Å². The van der Waals surface area contributed by atoms with E-state index >= 15 is 0 Å². The van der Waals surface area contributed by atoms with Crippen LogP contribution in [0.4, 0.5) is 11.6 Å². The van der Waals surface area contributed by atoms with Crippen molar-refractivity contribution in [2.24, 2.45) is 7.05 Å². The molecule has 0 unspecified atom stereocenters. The molecule has 0 atom stereocenters. The molecule has 0 bridgehead atoms. The van der Waals surface area contributed by atoms with Gasteiger partial charge < -0.3 is 15.6 Å². The third kappa shape index (κ3) is 1.24. The molecule has 76 valence electrons. The van der Waals surface area contributed by atoms with Gasteiger partial charge in [0.2, 0.25) is 5.62 Å². The Morgan fingerprint density at radius 3 is 2.93 bits per heavy atom. The average Bonchev–Trinajstić information content (AvgIpc) is 2.16. The maximum Gasteiger partial charge on any atom is 0.225 e. The molecule has 0 aromatic carbocycles. The number of hydrogen-bond acceptors (Lipinski definition) is 5. The summed E-state index contributed by atoms with van der Waals surface area (Å²) in [4.78, 5) is 6.22. The first kappa shape index (κ1) is 9.01. The molecule has 2 rings (SSSR count). The fourth-order valence-corrected chi connectivity index (χ4v) is 1.52. The van der Waals surface area contributed by atoms with Gasteiger partial charge in [0.05, 0.1) is 6.67 Å². The fourth-order valence-electron chi connectivity index (χ4n) is 1.52. The van der Waals surface area contributed by atoms with E-state index in [0.29, 0.717) is 5.82 Å². The van der Waals surface area contributed by atoms with Crippen LogP contribution in [0.15, 0.2) is 0 Å². The van der Waals surface area contributed by atoms with E-state index in [1.807, 2.05) is 7.05 Å². The van der Waals surface area contributed by atoms with E-state index in [0.717, 1.165) is 24.6 Å². The number of nitrogen functional groups attached to an aromatic ring is 1. The van der Waals surface area contributed by atoms with E-state index in [2.05, 4.69) is 15.2 Å². The number of rotatable bonds is 0. The Bertz CT molecular complexity index is 421. The van der Waals surface area contributed by atoms with Crippen LogP contribution >= 0.6 is 0 Å². The summed E-state index contributed by atoms with van der Waals surface area (Å²) in [5.41, 5.74) is 7.05. The molecule has 4 N–H and O–H groups in total. The lowest BCUT2D eigenvalue weighted by Gasteiger charge is -2.27. The van der Waals surface area contributed by atoms with Crippen LogP contribution in [0.25, 0.3) is 0 Å². The number of anilines is 2. The molecular weight excluding hydrogens is 180 g/mol. The van der Waals surface area contributed by atoms with Crippen LogP contribution in [-0.2, 0) is 13.6 Å². The highest BCUT2D eigenvalue weighted by molar-refractivity contribution is 5.56. The molecule has 0 fully saturated rings. The summed E-state index contributed by atoms with van der Waals surface area (Å²) in [6.45, 7) is 1.52. The Morgan fingerprint density at radius 2 is 2.21 bits per heavy atom. The van der Waals surface area contributed by atoms with E-state index < -0.39 is 0 Å². The van der Waals surface area contributed by atoms with E-state index in [1.165, 1.54) is 0 Å². The van der Waals surface area contributed by atoms with Crippen molar-refractivity contribution in [2.75, 3.05) is 24.8 Å². The van der Waals surface area contributed by atoms with Gasteiger partial charge in [0.15, 0.2) is 0 Å². The molecule has 0 spiro atoms. The fraction of sp³-hybridized carbons (Fsp3) is 0.500. The first-order chi connectivity index (χ1) is 6.59. The van der Waals surface area contributed by atoms with Crippen LogP contribution in [0.3, 0.4) is 0 Å². The van der Waals surface area contributed by atoms with Gasteiger partial charge in [0.1, 0.15) is 11.6 Å². The largest absolute Gasteiger partial charge is 0.385 e. The minimum absolute atomic E-state index is 0.179. The van der Waals surface area contributed by atoms with Gasteiger partial charge in [-0.3, -0.25) is 10.3 Å². The van der Waals surface area contributed by atoms with Crippen molar-refractivity contribution in [3.63, 3.8) is 0 Å². The zero-order valence-corrected chi connectivity index (χ0v) is 8.33. The van der Waals surface area contributed by atoms with Crippen LogP contribution in [0.1, 0.15) is 5.56 Å². The van der Waals surface area contributed by atoms with Gasteiger partial charge in [-0.25, -0.2) is 0 Å². The van der Waals surface area contributed by atoms with Crippen LogP contribution < -0.4 is 16.7 Å². The summed E-state index contributed by atoms with van der Waals surface area (Å²) < 4.78 is 1.58. The van der Waals surface area contributed by atoms with Crippen molar-refractivity contribution >= 4 is 11.6 Å². The zero-order chi connectivity index (χ0) is 10.3. The second-order valence-corrected chi connectivity index (χ2v) is 3.56. The molecule has 0 amide bonds. The van der Waals surface area contributed by atoms with Gasteiger partial charge in [-0.1, -0.05) is 0 Å². The molecule has 0 aliphatic carbocycles. The van der Waals surface area contributed by atoms with Crippen LogP contribution in [0, 0.1) is 5.41 Å².